The van der Waals surface area contributed by atoms with Crippen LogP contribution >= 0.6 is 0 Å². The highest BCUT2D eigenvalue weighted by Crippen LogP contribution is 2.37. The minimum Gasteiger partial charge on any atom is -0.454 e. The van der Waals surface area contributed by atoms with E-state index >= 15 is 0 Å². The molecular weight excluding hydrogens is 204 g/mol. The minimum absolute atomic E-state index is 0.260. The zero-order valence-corrected chi connectivity index (χ0v) is 8.86. The van der Waals surface area contributed by atoms with Crippen LogP contribution in [0.4, 0.5) is 0 Å². The number of hydrogen-bond donors (Lipinski definition) is 0. The second kappa shape index (κ2) is 3.17. The number of benzene rings is 1. The zero-order chi connectivity index (χ0) is 11.1. The number of rotatable bonds is 1. The first-order valence-corrected chi connectivity index (χ1v) is 5.16. The number of nitriles is 1. The molecule has 0 N–H and O–H groups in total. The Balaban J connectivity index is 2.36. The van der Waals surface area contributed by atoms with Crippen molar-refractivity contribution in [2.45, 2.75) is 13.5 Å². The number of fused-ring (bicyclic) bond motifs is 2. The largest absolute Gasteiger partial charge is 0.454 e. The van der Waals surface area contributed by atoms with Crippen LogP contribution in [-0.2, 0) is 6.54 Å². The van der Waals surface area contributed by atoms with Crippen LogP contribution in [0.1, 0.15) is 12.5 Å². The third-order valence-electron chi connectivity index (χ3n) is 2.84. The molecule has 1 aromatic heterocycles. The fourth-order valence-corrected chi connectivity index (χ4v) is 2.03. The molecule has 0 saturated heterocycles. The average Bonchev–Trinajstić information content (AvgIpc) is 2.88. The molecule has 0 saturated carbocycles. The van der Waals surface area contributed by atoms with Crippen LogP contribution in [-0.4, -0.2) is 11.4 Å². The van der Waals surface area contributed by atoms with Crippen LogP contribution in [0.2, 0.25) is 0 Å². The summed E-state index contributed by atoms with van der Waals surface area (Å²) in [6, 6.07) is 6.01. The molecule has 1 aliphatic rings. The van der Waals surface area contributed by atoms with Gasteiger partial charge in [0.25, 0.3) is 0 Å². The molecule has 4 nitrogen and oxygen atoms in total. The highest BCUT2D eigenvalue weighted by Gasteiger charge is 2.17. The fraction of sp³-hybridized carbons (Fsp3) is 0.250. The lowest BCUT2D eigenvalue weighted by Gasteiger charge is -2.01. The van der Waals surface area contributed by atoms with Crippen LogP contribution in [0.5, 0.6) is 11.5 Å². The molecule has 16 heavy (non-hydrogen) atoms. The summed E-state index contributed by atoms with van der Waals surface area (Å²) in [5.74, 6) is 1.47. The van der Waals surface area contributed by atoms with Gasteiger partial charge in [0, 0.05) is 24.2 Å². The van der Waals surface area contributed by atoms with E-state index in [1.54, 1.807) is 0 Å². The first-order valence-electron chi connectivity index (χ1n) is 5.16. The van der Waals surface area contributed by atoms with Crippen molar-refractivity contribution in [3.8, 4) is 17.6 Å². The molecule has 0 unspecified atom stereocenters. The van der Waals surface area contributed by atoms with Crippen LogP contribution < -0.4 is 9.47 Å². The van der Waals surface area contributed by atoms with E-state index < -0.39 is 0 Å². The van der Waals surface area contributed by atoms with Gasteiger partial charge in [-0.25, -0.2) is 0 Å². The Labute approximate surface area is 92.6 Å². The summed E-state index contributed by atoms with van der Waals surface area (Å²) in [6.07, 6.45) is 1.86. The molecule has 4 heteroatoms. The van der Waals surface area contributed by atoms with Gasteiger partial charge in [-0.2, -0.15) is 5.26 Å². The van der Waals surface area contributed by atoms with Crippen molar-refractivity contribution in [1.82, 2.24) is 4.57 Å². The van der Waals surface area contributed by atoms with Crippen molar-refractivity contribution < 1.29 is 9.47 Å². The van der Waals surface area contributed by atoms with Crippen molar-refractivity contribution >= 4 is 10.9 Å². The number of aromatic nitrogens is 1. The quantitative estimate of drug-likeness (QED) is 0.731. The van der Waals surface area contributed by atoms with Gasteiger partial charge in [-0.05, 0) is 13.0 Å². The second-order valence-corrected chi connectivity index (χ2v) is 3.66. The van der Waals surface area contributed by atoms with Gasteiger partial charge in [0.05, 0.1) is 11.1 Å². The lowest BCUT2D eigenvalue weighted by molar-refractivity contribution is 0.174. The molecule has 0 atom stereocenters. The smallest absolute Gasteiger partial charge is 0.231 e. The molecule has 80 valence electrons. The molecule has 0 spiro atoms. The van der Waals surface area contributed by atoms with Crippen molar-refractivity contribution in [3.63, 3.8) is 0 Å². The van der Waals surface area contributed by atoms with E-state index in [9.17, 15) is 0 Å². The van der Waals surface area contributed by atoms with E-state index in [1.165, 1.54) is 0 Å². The first-order chi connectivity index (χ1) is 7.83. The van der Waals surface area contributed by atoms with E-state index in [-0.39, 0.29) is 6.79 Å². The Kier molecular flexibility index (Phi) is 1.80. The van der Waals surface area contributed by atoms with Gasteiger partial charge in [0.2, 0.25) is 6.79 Å². The van der Waals surface area contributed by atoms with Crippen LogP contribution in [0.25, 0.3) is 10.9 Å². The van der Waals surface area contributed by atoms with Crippen LogP contribution in [0.3, 0.4) is 0 Å². The number of ether oxygens (including phenoxy) is 2. The molecule has 0 bridgehead atoms. The van der Waals surface area contributed by atoms with Crippen molar-refractivity contribution in [2.24, 2.45) is 0 Å². The normalized spacial score (nSPS) is 13.0. The second-order valence-electron chi connectivity index (χ2n) is 3.66. The van der Waals surface area contributed by atoms with Gasteiger partial charge in [-0.1, -0.05) is 0 Å². The summed E-state index contributed by atoms with van der Waals surface area (Å²) in [5, 5.41) is 9.98. The fourth-order valence-electron chi connectivity index (χ4n) is 2.03. The number of nitrogens with zero attached hydrogens (tertiary/aromatic N) is 2. The summed E-state index contributed by atoms with van der Waals surface area (Å²) in [5.41, 5.74) is 1.69. The molecule has 1 aliphatic heterocycles. The monoisotopic (exact) mass is 214 g/mol. The number of hydrogen-bond acceptors (Lipinski definition) is 3. The SMILES string of the molecule is CCn1cc(C#N)c2cc3c(cc21)OCO3. The van der Waals surface area contributed by atoms with E-state index in [1.807, 2.05) is 29.8 Å². The zero-order valence-electron chi connectivity index (χ0n) is 8.86. The lowest BCUT2D eigenvalue weighted by atomic mass is 10.2. The molecule has 0 fully saturated rings. The molecule has 1 aromatic carbocycles. The van der Waals surface area contributed by atoms with E-state index in [4.69, 9.17) is 14.7 Å². The average molecular weight is 214 g/mol. The van der Waals surface area contributed by atoms with Crippen LogP contribution in [0.15, 0.2) is 18.3 Å². The van der Waals surface area contributed by atoms with Gasteiger partial charge >= 0.3 is 0 Å². The predicted octanol–water partition coefficient (Wildman–Crippen LogP) is 2.26. The van der Waals surface area contributed by atoms with Gasteiger partial charge in [-0.3, -0.25) is 0 Å². The van der Waals surface area contributed by atoms with Gasteiger partial charge < -0.3 is 14.0 Å². The summed E-state index contributed by atoms with van der Waals surface area (Å²) in [7, 11) is 0. The van der Waals surface area contributed by atoms with E-state index in [0.29, 0.717) is 5.56 Å². The lowest BCUT2D eigenvalue weighted by Crippen LogP contribution is -1.93. The molecular formula is C12H10N2O2. The minimum atomic E-state index is 0.260. The topological polar surface area (TPSA) is 47.2 Å². The maximum atomic E-state index is 9.06. The summed E-state index contributed by atoms with van der Waals surface area (Å²) >= 11 is 0. The van der Waals surface area contributed by atoms with E-state index in [0.717, 1.165) is 28.9 Å². The molecule has 3 rings (SSSR count). The number of aryl methyl sites for hydroxylation is 1. The summed E-state index contributed by atoms with van der Waals surface area (Å²) < 4.78 is 12.7. The highest BCUT2D eigenvalue weighted by molar-refractivity contribution is 5.89. The predicted molar refractivity (Wildman–Crippen MR) is 58.5 cm³/mol. The maximum Gasteiger partial charge on any atom is 0.231 e. The highest BCUT2D eigenvalue weighted by atomic mass is 16.7. The summed E-state index contributed by atoms with van der Waals surface area (Å²) in [6.45, 7) is 3.14. The Morgan fingerprint density at radius 2 is 2.12 bits per heavy atom. The Bertz CT molecular complexity index is 607. The molecule has 0 aliphatic carbocycles. The van der Waals surface area contributed by atoms with Gasteiger partial charge in [-0.15, -0.1) is 0 Å². The van der Waals surface area contributed by atoms with Crippen molar-refractivity contribution in [3.05, 3.63) is 23.9 Å². The third-order valence-corrected chi connectivity index (χ3v) is 2.84. The summed E-state index contributed by atoms with van der Waals surface area (Å²) in [4.78, 5) is 0. The standard InChI is InChI=1S/C12H10N2O2/c1-2-14-6-8(5-13)9-3-11-12(4-10(9)14)16-7-15-11/h3-4,6H,2,7H2,1H3. The Hall–Kier alpha value is -2.15. The Morgan fingerprint density at radius 1 is 1.38 bits per heavy atom. The van der Waals surface area contributed by atoms with E-state index in [2.05, 4.69) is 6.07 Å². The third kappa shape index (κ3) is 1.09. The Morgan fingerprint density at radius 3 is 2.81 bits per heavy atom. The van der Waals surface area contributed by atoms with Crippen LogP contribution in [0, 0.1) is 11.3 Å². The first kappa shape index (κ1) is 9.10. The molecule has 0 amide bonds. The van der Waals surface area contributed by atoms with Gasteiger partial charge in [0.15, 0.2) is 11.5 Å². The van der Waals surface area contributed by atoms with Gasteiger partial charge in [0.1, 0.15) is 6.07 Å². The van der Waals surface area contributed by atoms with Crippen molar-refractivity contribution in [1.29, 1.82) is 5.26 Å². The van der Waals surface area contributed by atoms with Crippen molar-refractivity contribution in [2.75, 3.05) is 6.79 Å². The molecule has 2 aromatic rings. The molecule has 2 heterocycles. The molecule has 0 radical (unpaired) electrons. The maximum absolute atomic E-state index is 9.06.